The maximum Gasteiger partial charge on any atom is 0.268 e. The molecule has 1 saturated heterocycles. The number of hydrazine groups is 1. The Balaban J connectivity index is 1.51. The second kappa shape index (κ2) is 9.32. The Hall–Kier alpha value is -2.21. The molecule has 1 N–H and O–H groups in total. The Kier molecular flexibility index (Phi) is 6.37. The van der Waals surface area contributed by atoms with Gasteiger partial charge in [0.05, 0.1) is 12.7 Å². The van der Waals surface area contributed by atoms with Gasteiger partial charge in [-0.2, -0.15) is 0 Å². The van der Waals surface area contributed by atoms with Crippen LogP contribution in [0.3, 0.4) is 0 Å². The van der Waals surface area contributed by atoms with Gasteiger partial charge in [0.2, 0.25) is 0 Å². The highest BCUT2D eigenvalue weighted by Gasteiger charge is 2.27. The van der Waals surface area contributed by atoms with Crippen LogP contribution < -0.4 is 5.32 Å². The van der Waals surface area contributed by atoms with Gasteiger partial charge in [0.15, 0.2) is 0 Å². The first-order valence-electron chi connectivity index (χ1n) is 10.3. The van der Waals surface area contributed by atoms with Gasteiger partial charge in [0, 0.05) is 31.7 Å². The summed E-state index contributed by atoms with van der Waals surface area (Å²) in [6, 6.07) is 18.1. The van der Waals surface area contributed by atoms with Crippen LogP contribution in [0.25, 0.3) is 0 Å². The third-order valence-electron chi connectivity index (χ3n) is 5.61. The first kappa shape index (κ1) is 19.1. The summed E-state index contributed by atoms with van der Waals surface area (Å²) in [5.74, 6) is 0.0756. The van der Waals surface area contributed by atoms with E-state index in [1.54, 1.807) is 0 Å². The minimum Gasteiger partial charge on any atom is -0.373 e. The smallest absolute Gasteiger partial charge is 0.268 e. The molecule has 0 aromatic heterocycles. The molecule has 0 saturated carbocycles. The molecule has 1 unspecified atom stereocenters. The fourth-order valence-electron chi connectivity index (χ4n) is 4.13. The zero-order valence-corrected chi connectivity index (χ0v) is 16.3. The molecule has 4 rings (SSSR count). The number of nitrogens with one attached hydrogen (secondary N) is 1. The van der Waals surface area contributed by atoms with E-state index in [2.05, 4.69) is 34.6 Å². The first-order chi connectivity index (χ1) is 13.8. The van der Waals surface area contributed by atoms with Gasteiger partial charge in [-0.05, 0) is 49.1 Å². The summed E-state index contributed by atoms with van der Waals surface area (Å²) in [6.07, 6.45) is 2.87. The monoisotopic (exact) mass is 379 g/mol. The predicted molar refractivity (Wildman–Crippen MR) is 110 cm³/mol. The Morgan fingerprint density at radius 3 is 2.79 bits per heavy atom. The maximum atomic E-state index is 13.3. The molecule has 2 aliphatic rings. The van der Waals surface area contributed by atoms with Crippen LogP contribution in [0.5, 0.6) is 0 Å². The van der Waals surface area contributed by atoms with Crippen molar-refractivity contribution in [3.8, 4) is 0 Å². The average molecular weight is 380 g/mol. The summed E-state index contributed by atoms with van der Waals surface area (Å²) in [6.45, 7) is 5.06. The van der Waals surface area contributed by atoms with E-state index >= 15 is 0 Å². The van der Waals surface area contributed by atoms with Gasteiger partial charge in [-0.3, -0.25) is 9.80 Å². The van der Waals surface area contributed by atoms with Crippen molar-refractivity contribution in [2.45, 2.75) is 25.4 Å². The standard InChI is InChI=1S/C23H29N3O2/c27-23(20-8-2-1-3-9-20)26(25-15-6-13-24-14-17-25)16-11-22-21-10-5-4-7-19(21)12-18-28-22/h1-5,7-10,22,24H,6,11-18H2. The molecule has 2 aliphatic heterocycles. The lowest BCUT2D eigenvalue weighted by Gasteiger charge is -2.36. The highest BCUT2D eigenvalue weighted by Crippen LogP contribution is 2.30. The van der Waals surface area contributed by atoms with Gasteiger partial charge in [0.1, 0.15) is 0 Å². The van der Waals surface area contributed by atoms with Crippen molar-refractivity contribution in [1.82, 2.24) is 15.3 Å². The van der Waals surface area contributed by atoms with Crippen LogP contribution in [0.15, 0.2) is 54.6 Å². The minimum atomic E-state index is 0.0566. The van der Waals surface area contributed by atoms with Crippen molar-refractivity contribution in [1.29, 1.82) is 0 Å². The van der Waals surface area contributed by atoms with Gasteiger partial charge >= 0.3 is 0 Å². The largest absolute Gasteiger partial charge is 0.373 e. The van der Waals surface area contributed by atoms with E-state index in [0.29, 0.717) is 6.54 Å². The quantitative estimate of drug-likeness (QED) is 0.867. The molecule has 2 heterocycles. The first-order valence-corrected chi connectivity index (χ1v) is 10.3. The Bertz CT molecular complexity index is 772. The van der Waals surface area contributed by atoms with Gasteiger partial charge in [-0.15, -0.1) is 0 Å². The number of rotatable bonds is 5. The van der Waals surface area contributed by atoms with Crippen LogP contribution >= 0.6 is 0 Å². The zero-order valence-electron chi connectivity index (χ0n) is 16.3. The summed E-state index contributed by atoms with van der Waals surface area (Å²) >= 11 is 0. The molecule has 0 bridgehead atoms. The lowest BCUT2D eigenvalue weighted by atomic mass is 9.96. The van der Waals surface area contributed by atoms with Gasteiger partial charge < -0.3 is 10.1 Å². The fourth-order valence-corrected chi connectivity index (χ4v) is 4.13. The molecule has 28 heavy (non-hydrogen) atoms. The summed E-state index contributed by atoms with van der Waals surface area (Å²) in [5.41, 5.74) is 3.39. The number of ether oxygens (including phenoxy) is 1. The van der Waals surface area contributed by atoms with Gasteiger partial charge in [0.25, 0.3) is 5.91 Å². The summed E-state index contributed by atoms with van der Waals surface area (Å²) in [5, 5.41) is 7.58. The summed E-state index contributed by atoms with van der Waals surface area (Å²) in [7, 11) is 0. The van der Waals surface area contributed by atoms with E-state index in [1.807, 2.05) is 35.3 Å². The van der Waals surface area contributed by atoms with Crippen molar-refractivity contribution in [2.75, 3.05) is 39.3 Å². The van der Waals surface area contributed by atoms with E-state index in [4.69, 9.17) is 4.74 Å². The van der Waals surface area contributed by atoms with Gasteiger partial charge in [-0.25, -0.2) is 5.01 Å². The van der Waals surface area contributed by atoms with Crippen molar-refractivity contribution in [3.63, 3.8) is 0 Å². The molecule has 0 radical (unpaired) electrons. The number of hydrogen-bond donors (Lipinski definition) is 1. The minimum absolute atomic E-state index is 0.0566. The van der Waals surface area contributed by atoms with Crippen molar-refractivity contribution < 1.29 is 9.53 Å². The molecule has 1 fully saturated rings. The lowest BCUT2D eigenvalue weighted by Crippen LogP contribution is -2.48. The molecular formula is C23H29N3O2. The van der Waals surface area contributed by atoms with E-state index in [-0.39, 0.29) is 12.0 Å². The molecular weight excluding hydrogens is 350 g/mol. The fraction of sp³-hybridized carbons (Fsp3) is 0.435. The third kappa shape index (κ3) is 4.43. The second-order valence-electron chi connectivity index (χ2n) is 7.45. The number of carbonyl (C=O) groups is 1. The normalized spacial score (nSPS) is 20.2. The maximum absolute atomic E-state index is 13.3. The summed E-state index contributed by atoms with van der Waals surface area (Å²) in [4.78, 5) is 13.3. The third-order valence-corrected chi connectivity index (χ3v) is 5.61. The molecule has 5 heteroatoms. The molecule has 148 valence electrons. The van der Waals surface area contributed by atoms with Crippen molar-refractivity contribution in [3.05, 3.63) is 71.3 Å². The Morgan fingerprint density at radius 2 is 1.89 bits per heavy atom. The molecule has 0 aliphatic carbocycles. The van der Waals surface area contributed by atoms with E-state index in [9.17, 15) is 4.79 Å². The SMILES string of the molecule is O=C(c1ccccc1)N(CCC1OCCc2ccccc21)N1CCCNCC1. The molecule has 1 atom stereocenters. The van der Waals surface area contributed by atoms with Crippen LogP contribution in [0, 0.1) is 0 Å². The number of nitrogens with zero attached hydrogens (tertiary/aromatic N) is 2. The zero-order chi connectivity index (χ0) is 19.2. The number of hydrogen-bond acceptors (Lipinski definition) is 4. The highest BCUT2D eigenvalue weighted by molar-refractivity contribution is 5.93. The molecule has 2 aromatic carbocycles. The van der Waals surface area contributed by atoms with E-state index in [1.165, 1.54) is 11.1 Å². The van der Waals surface area contributed by atoms with Crippen LogP contribution in [-0.4, -0.2) is 55.3 Å². The number of amides is 1. The van der Waals surface area contributed by atoms with Crippen molar-refractivity contribution >= 4 is 5.91 Å². The molecule has 5 nitrogen and oxygen atoms in total. The molecule has 2 aromatic rings. The van der Waals surface area contributed by atoms with Crippen LogP contribution in [0.2, 0.25) is 0 Å². The van der Waals surface area contributed by atoms with Crippen molar-refractivity contribution in [2.24, 2.45) is 0 Å². The Morgan fingerprint density at radius 1 is 1.07 bits per heavy atom. The second-order valence-corrected chi connectivity index (χ2v) is 7.45. The molecule has 1 amide bonds. The van der Waals surface area contributed by atoms with Crippen LogP contribution in [0.4, 0.5) is 0 Å². The number of fused-ring (bicyclic) bond motifs is 1. The van der Waals surface area contributed by atoms with Gasteiger partial charge in [-0.1, -0.05) is 42.5 Å². The van der Waals surface area contributed by atoms with E-state index < -0.39 is 0 Å². The average Bonchev–Trinajstić information content (AvgIpc) is 3.04. The Labute approximate surface area is 167 Å². The number of carbonyl (C=O) groups excluding carboxylic acids is 1. The topological polar surface area (TPSA) is 44.8 Å². The summed E-state index contributed by atoms with van der Waals surface area (Å²) < 4.78 is 6.08. The number of benzene rings is 2. The predicted octanol–water partition coefficient (Wildman–Crippen LogP) is 3.04. The van der Waals surface area contributed by atoms with E-state index in [0.717, 1.165) is 57.6 Å². The van der Waals surface area contributed by atoms with Crippen LogP contribution in [0.1, 0.15) is 40.4 Å². The lowest BCUT2D eigenvalue weighted by molar-refractivity contribution is -0.0248. The van der Waals surface area contributed by atoms with Crippen LogP contribution in [-0.2, 0) is 11.2 Å². The highest BCUT2D eigenvalue weighted by atomic mass is 16.5. The molecule has 0 spiro atoms.